The van der Waals surface area contributed by atoms with E-state index in [2.05, 4.69) is 5.32 Å². The van der Waals surface area contributed by atoms with Gasteiger partial charge in [-0.1, -0.05) is 0 Å². The van der Waals surface area contributed by atoms with Gasteiger partial charge in [-0.2, -0.15) is 0 Å². The minimum absolute atomic E-state index is 0.0150. The maximum absolute atomic E-state index is 11.9. The predicted octanol–water partition coefficient (Wildman–Crippen LogP) is 0.954. The Balaban J connectivity index is 2.60. The van der Waals surface area contributed by atoms with Crippen LogP contribution in [-0.2, 0) is 0 Å². The highest BCUT2D eigenvalue weighted by atomic mass is 16.3. The van der Waals surface area contributed by atoms with Crippen molar-refractivity contribution in [1.82, 2.24) is 5.32 Å². The van der Waals surface area contributed by atoms with E-state index in [4.69, 9.17) is 5.11 Å². The van der Waals surface area contributed by atoms with E-state index in [9.17, 15) is 15.0 Å². The molecule has 1 atom stereocenters. The zero-order chi connectivity index (χ0) is 14.5. The molecule has 106 valence electrons. The first-order valence-corrected chi connectivity index (χ1v) is 6.27. The van der Waals surface area contributed by atoms with Crippen molar-refractivity contribution in [2.24, 2.45) is 0 Å². The third-order valence-electron chi connectivity index (χ3n) is 2.96. The summed E-state index contributed by atoms with van der Waals surface area (Å²) in [5.41, 5.74) is 0.103. The summed E-state index contributed by atoms with van der Waals surface area (Å²) in [6.45, 7) is 3.48. The van der Waals surface area contributed by atoms with Crippen molar-refractivity contribution < 1.29 is 20.1 Å². The Morgan fingerprint density at radius 1 is 1.42 bits per heavy atom. The zero-order valence-electron chi connectivity index (χ0n) is 11.3. The van der Waals surface area contributed by atoms with Gasteiger partial charge in [-0.05, 0) is 50.5 Å². The molecule has 1 amide bonds. The number of aryl methyl sites for hydroxylation is 1. The number of carbonyl (C=O) groups excluding carboxylic acids is 1. The highest BCUT2D eigenvalue weighted by Gasteiger charge is 2.21. The third-order valence-corrected chi connectivity index (χ3v) is 2.96. The van der Waals surface area contributed by atoms with E-state index in [0.717, 1.165) is 0 Å². The second-order valence-electron chi connectivity index (χ2n) is 5.01. The fourth-order valence-corrected chi connectivity index (χ4v) is 1.82. The van der Waals surface area contributed by atoms with Gasteiger partial charge in [0.15, 0.2) is 0 Å². The van der Waals surface area contributed by atoms with E-state index in [-0.39, 0.29) is 24.8 Å². The molecule has 5 heteroatoms. The van der Waals surface area contributed by atoms with Crippen molar-refractivity contribution in [2.75, 3.05) is 13.2 Å². The molecule has 0 aromatic heterocycles. The lowest BCUT2D eigenvalue weighted by Crippen LogP contribution is -2.40. The molecular weight excluding hydrogens is 246 g/mol. The number of hydrogen-bond acceptors (Lipinski definition) is 4. The lowest BCUT2D eigenvalue weighted by molar-refractivity contribution is 0.0415. The van der Waals surface area contributed by atoms with Gasteiger partial charge in [0.25, 0.3) is 5.91 Å². The number of aliphatic hydroxyl groups excluding tert-OH is 1. The lowest BCUT2D eigenvalue weighted by atomic mass is 10.00. The summed E-state index contributed by atoms with van der Waals surface area (Å²) in [6, 6.07) is 4.51. The van der Waals surface area contributed by atoms with Crippen LogP contribution in [0.15, 0.2) is 18.2 Å². The molecule has 0 aliphatic heterocycles. The van der Waals surface area contributed by atoms with Gasteiger partial charge >= 0.3 is 0 Å². The molecule has 0 aliphatic carbocycles. The summed E-state index contributed by atoms with van der Waals surface area (Å²) < 4.78 is 0. The van der Waals surface area contributed by atoms with Gasteiger partial charge in [0, 0.05) is 18.7 Å². The largest absolute Gasteiger partial charge is 0.508 e. The summed E-state index contributed by atoms with van der Waals surface area (Å²) in [6.07, 6.45) is 0.902. The normalized spacial score (nSPS) is 13.9. The Hall–Kier alpha value is -1.59. The van der Waals surface area contributed by atoms with Crippen LogP contribution >= 0.6 is 0 Å². The Morgan fingerprint density at radius 2 is 2.11 bits per heavy atom. The monoisotopic (exact) mass is 267 g/mol. The minimum atomic E-state index is -1.04. The van der Waals surface area contributed by atoms with Crippen molar-refractivity contribution in [1.29, 1.82) is 0 Å². The van der Waals surface area contributed by atoms with Crippen LogP contribution in [0.25, 0.3) is 0 Å². The van der Waals surface area contributed by atoms with Gasteiger partial charge in [-0.25, -0.2) is 0 Å². The van der Waals surface area contributed by atoms with Crippen molar-refractivity contribution in [3.05, 3.63) is 29.3 Å². The van der Waals surface area contributed by atoms with Crippen LogP contribution in [0, 0.1) is 6.92 Å². The molecule has 0 bridgehead atoms. The second-order valence-corrected chi connectivity index (χ2v) is 5.01. The van der Waals surface area contributed by atoms with E-state index in [1.807, 2.05) is 0 Å². The van der Waals surface area contributed by atoms with Gasteiger partial charge in [-0.15, -0.1) is 0 Å². The number of phenols is 1. The molecular formula is C14H21NO4. The molecule has 4 N–H and O–H groups in total. The van der Waals surface area contributed by atoms with Crippen molar-refractivity contribution in [2.45, 2.75) is 32.3 Å². The maximum atomic E-state index is 11.9. The van der Waals surface area contributed by atoms with Gasteiger partial charge in [-0.3, -0.25) is 4.79 Å². The molecule has 1 rings (SSSR count). The van der Waals surface area contributed by atoms with Crippen molar-refractivity contribution >= 4 is 5.91 Å². The van der Waals surface area contributed by atoms with E-state index in [1.165, 1.54) is 12.1 Å². The number of aromatic hydroxyl groups is 1. The SMILES string of the molecule is Cc1cc(O)ccc1C(=O)NC[C@@](C)(O)CCCO. The maximum Gasteiger partial charge on any atom is 0.251 e. The first kappa shape index (κ1) is 15.5. The Morgan fingerprint density at radius 3 is 2.68 bits per heavy atom. The molecule has 0 fully saturated rings. The number of rotatable bonds is 6. The van der Waals surface area contributed by atoms with Crippen LogP contribution in [0.3, 0.4) is 0 Å². The average Bonchev–Trinajstić information content (AvgIpc) is 2.34. The molecule has 0 heterocycles. The fourth-order valence-electron chi connectivity index (χ4n) is 1.82. The smallest absolute Gasteiger partial charge is 0.251 e. The Labute approximate surface area is 112 Å². The number of benzene rings is 1. The van der Waals surface area contributed by atoms with Crippen molar-refractivity contribution in [3.8, 4) is 5.75 Å². The second kappa shape index (κ2) is 6.54. The molecule has 0 spiro atoms. The van der Waals surface area contributed by atoms with Gasteiger partial charge in [0.2, 0.25) is 0 Å². The number of nitrogens with one attached hydrogen (secondary N) is 1. The molecule has 1 aromatic rings. The molecule has 0 saturated carbocycles. The number of aliphatic hydroxyl groups is 2. The summed E-state index contributed by atoms with van der Waals surface area (Å²) >= 11 is 0. The van der Waals surface area contributed by atoms with Crippen LogP contribution in [0.2, 0.25) is 0 Å². The molecule has 5 nitrogen and oxygen atoms in total. The first-order valence-electron chi connectivity index (χ1n) is 6.27. The topological polar surface area (TPSA) is 89.8 Å². The van der Waals surface area contributed by atoms with Crippen LogP contribution in [0.1, 0.15) is 35.7 Å². The Kier molecular flexibility index (Phi) is 5.32. The third kappa shape index (κ3) is 4.89. The standard InChI is InChI=1S/C14H21NO4/c1-10-8-11(17)4-5-12(10)13(18)15-9-14(2,19)6-3-7-16/h4-5,8,16-17,19H,3,6-7,9H2,1-2H3,(H,15,18)/t14-/m0/s1. The minimum Gasteiger partial charge on any atom is -0.508 e. The number of carbonyl (C=O) groups is 1. The van der Waals surface area contributed by atoms with Crippen LogP contribution in [0.5, 0.6) is 5.75 Å². The van der Waals surface area contributed by atoms with Gasteiger partial charge in [0.05, 0.1) is 5.60 Å². The Bertz CT molecular complexity index is 443. The van der Waals surface area contributed by atoms with Crippen LogP contribution < -0.4 is 5.32 Å². The molecule has 0 saturated heterocycles. The summed E-state index contributed by atoms with van der Waals surface area (Å²) in [4.78, 5) is 11.9. The number of amides is 1. The van der Waals surface area contributed by atoms with Gasteiger partial charge in [0.1, 0.15) is 5.75 Å². The van der Waals surface area contributed by atoms with Crippen LogP contribution in [0.4, 0.5) is 0 Å². The summed E-state index contributed by atoms with van der Waals surface area (Å²) in [7, 11) is 0. The fraction of sp³-hybridized carbons (Fsp3) is 0.500. The molecule has 1 aromatic carbocycles. The summed E-state index contributed by atoms with van der Waals surface area (Å²) in [5.74, 6) is -0.175. The van der Waals surface area contributed by atoms with Crippen molar-refractivity contribution in [3.63, 3.8) is 0 Å². The highest BCUT2D eigenvalue weighted by molar-refractivity contribution is 5.95. The lowest BCUT2D eigenvalue weighted by Gasteiger charge is -2.23. The van der Waals surface area contributed by atoms with E-state index >= 15 is 0 Å². The highest BCUT2D eigenvalue weighted by Crippen LogP contribution is 2.16. The molecule has 0 aliphatic rings. The van der Waals surface area contributed by atoms with Crippen LogP contribution in [-0.4, -0.2) is 40.0 Å². The number of hydrogen-bond donors (Lipinski definition) is 4. The van der Waals surface area contributed by atoms with E-state index in [1.54, 1.807) is 19.9 Å². The van der Waals surface area contributed by atoms with E-state index < -0.39 is 5.60 Å². The molecule has 19 heavy (non-hydrogen) atoms. The first-order chi connectivity index (χ1) is 8.85. The molecule has 0 unspecified atom stereocenters. The van der Waals surface area contributed by atoms with Gasteiger partial charge < -0.3 is 20.6 Å². The summed E-state index contributed by atoms with van der Waals surface area (Å²) in [5, 5.41) is 30.7. The number of phenolic OH excluding ortho intramolecular Hbond substituents is 1. The average molecular weight is 267 g/mol. The van der Waals surface area contributed by atoms with E-state index in [0.29, 0.717) is 24.0 Å². The predicted molar refractivity (Wildman–Crippen MR) is 72.1 cm³/mol. The quantitative estimate of drug-likeness (QED) is 0.618. The molecule has 0 radical (unpaired) electrons. The zero-order valence-corrected chi connectivity index (χ0v) is 11.3.